The van der Waals surface area contributed by atoms with Crippen molar-refractivity contribution >= 4 is 17.3 Å². The van der Waals surface area contributed by atoms with Gasteiger partial charge in [0.05, 0.1) is 6.10 Å². The van der Waals surface area contributed by atoms with E-state index in [0.29, 0.717) is 19.4 Å². The molecule has 0 saturated carbocycles. The van der Waals surface area contributed by atoms with Crippen molar-refractivity contribution < 1.29 is 19.1 Å². The molecule has 0 spiro atoms. The van der Waals surface area contributed by atoms with E-state index in [-0.39, 0.29) is 5.82 Å². The third-order valence-electron chi connectivity index (χ3n) is 5.34. The SMILES string of the molecule is CO[C@H](C[C@H](CCN(c1ccccc1)c1ccccc1)C(=O)NO)c1ccc(F)cc1. The number of ether oxygens (including phenoxy) is 1. The summed E-state index contributed by atoms with van der Waals surface area (Å²) in [4.78, 5) is 14.6. The van der Waals surface area contributed by atoms with Gasteiger partial charge in [0.2, 0.25) is 5.91 Å². The molecule has 0 aliphatic heterocycles. The number of hydroxylamine groups is 1. The number of anilines is 2. The van der Waals surface area contributed by atoms with Crippen molar-refractivity contribution in [3.8, 4) is 0 Å². The molecule has 2 N–H and O–H groups in total. The molecule has 0 aromatic heterocycles. The Labute approximate surface area is 182 Å². The average Bonchev–Trinajstić information content (AvgIpc) is 2.83. The van der Waals surface area contributed by atoms with Gasteiger partial charge in [0.25, 0.3) is 0 Å². The van der Waals surface area contributed by atoms with E-state index in [9.17, 15) is 14.4 Å². The lowest BCUT2D eigenvalue weighted by Crippen LogP contribution is -2.32. The van der Waals surface area contributed by atoms with Crippen LogP contribution in [-0.2, 0) is 9.53 Å². The van der Waals surface area contributed by atoms with E-state index in [1.54, 1.807) is 24.7 Å². The Morgan fingerprint density at radius 2 is 1.52 bits per heavy atom. The van der Waals surface area contributed by atoms with Gasteiger partial charge in [0, 0.05) is 30.9 Å². The molecule has 0 saturated heterocycles. The molecule has 162 valence electrons. The molecule has 31 heavy (non-hydrogen) atoms. The lowest BCUT2D eigenvalue weighted by atomic mass is 9.93. The van der Waals surface area contributed by atoms with Gasteiger partial charge < -0.3 is 9.64 Å². The highest BCUT2D eigenvalue weighted by atomic mass is 19.1. The standard InChI is InChI=1S/C25H27FN2O3/c1-31-24(19-12-14-21(26)15-13-19)18-20(25(29)27-30)16-17-28(22-8-4-2-5-9-22)23-10-6-3-7-11-23/h2-15,20,24,30H,16-18H2,1H3,(H,27,29)/t20-,24+/m0/s1. The van der Waals surface area contributed by atoms with Crippen molar-refractivity contribution in [2.45, 2.75) is 18.9 Å². The maximum Gasteiger partial charge on any atom is 0.246 e. The predicted octanol–water partition coefficient (Wildman–Crippen LogP) is 5.25. The van der Waals surface area contributed by atoms with E-state index >= 15 is 0 Å². The Morgan fingerprint density at radius 1 is 0.968 bits per heavy atom. The zero-order chi connectivity index (χ0) is 22.1. The van der Waals surface area contributed by atoms with Gasteiger partial charge in [0.15, 0.2) is 0 Å². The number of carbonyl (C=O) groups excluding carboxylic acids is 1. The third-order valence-corrected chi connectivity index (χ3v) is 5.34. The summed E-state index contributed by atoms with van der Waals surface area (Å²) in [5.74, 6) is -1.30. The smallest absolute Gasteiger partial charge is 0.246 e. The van der Waals surface area contributed by atoms with Crippen LogP contribution in [0.2, 0.25) is 0 Å². The van der Waals surface area contributed by atoms with E-state index in [2.05, 4.69) is 4.90 Å². The molecule has 5 nitrogen and oxygen atoms in total. The Kier molecular flexibility index (Phi) is 8.15. The second kappa shape index (κ2) is 11.2. The first-order chi connectivity index (χ1) is 15.1. The average molecular weight is 423 g/mol. The molecule has 0 bridgehead atoms. The first kappa shape index (κ1) is 22.5. The van der Waals surface area contributed by atoms with Crippen molar-refractivity contribution in [3.05, 3.63) is 96.3 Å². The molecular weight excluding hydrogens is 395 g/mol. The van der Waals surface area contributed by atoms with Crippen LogP contribution >= 0.6 is 0 Å². The number of hydrogen-bond acceptors (Lipinski definition) is 4. The summed E-state index contributed by atoms with van der Waals surface area (Å²) in [6.07, 6.45) is 0.438. The molecular formula is C25H27FN2O3. The summed E-state index contributed by atoms with van der Waals surface area (Å²) in [5, 5.41) is 9.29. The topological polar surface area (TPSA) is 61.8 Å². The van der Waals surface area contributed by atoms with E-state index in [4.69, 9.17) is 4.74 Å². The maximum absolute atomic E-state index is 13.3. The van der Waals surface area contributed by atoms with E-state index in [0.717, 1.165) is 16.9 Å². The molecule has 0 aliphatic carbocycles. The van der Waals surface area contributed by atoms with Crippen molar-refractivity contribution in [1.29, 1.82) is 0 Å². The number of para-hydroxylation sites is 2. The second-order valence-corrected chi connectivity index (χ2v) is 7.30. The quantitative estimate of drug-likeness (QED) is 0.346. The van der Waals surface area contributed by atoms with Crippen LogP contribution in [0.15, 0.2) is 84.9 Å². The Balaban J connectivity index is 1.79. The van der Waals surface area contributed by atoms with Crippen molar-refractivity contribution in [1.82, 2.24) is 5.48 Å². The van der Waals surface area contributed by atoms with Crippen LogP contribution in [0, 0.1) is 11.7 Å². The fourth-order valence-electron chi connectivity index (χ4n) is 3.66. The van der Waals surface area contributed by atoms with Gasteiger partial charge in [-0.15, -0.1) is 0 Å². The molecule has 3 aromatic carbocycles. The normalized spacial score (nSPS) is 12.7. The molecule has 3 aromatic rings. The predicted molar refractivity (Wildman–Crippen MR) is 119 cm³/mol. The highest BCUT2D eigenvalue weighted by Crippen LogP contribution is 2.30. The van der Waals surface area contributed by atoms with Crippen LogP contribution < -0.4 is 10.4 Å². The lowest BCUT2D eigenvalue weighted by Gasteiger charge is -2.28. The van der Waals surface area contributed by atoms with Gasteiger partial charge in [-0.25, -0.2) is 9.87 Å². The fourth-order valence-corrected chi connectivity index (χ4v) is 3.66. The largest absolute Gasteiger partial charge is 0.377 e. The second-order valence-electron chi connectivity index (χ2n) is 7.30. The zero-order valence-corrected chi connectivity index (χ0v) is 17.4. The molecule has 0 unspecified atom stereocenters. The summed E-state index contributed by atoms with van der Waals surface area (Å²) < 4.78 is 18.9. The summed E-state index contributed by atoms with van der Waals surface area (Å²) in [7, 11) is 1.56. The minimum absolute atomic E-state index is 0.329. The molecule has 6 heteroatoms. The minimum Gasteiger partial charge on any atom is -0.377 e. The number of amides is 1. The summed E-state index contributed by atoms with van der Waals surface area (Å²) >= 11 is 0. The zero-order valence-electron chi connectivity index (χ0n) is 17.4. The number of halogens is 1. The first-order valence-corrected chi connectivity index (χ1v) is 10.2. The van der Waals surface area contributed by atoms with Gasteiger partial charge in [-0.3, -0.25) is 10.0 Å². The Morgan fingerprint density at radius 3 is 2.00 bits per heavy atom. The third kappa shape index (κ3) is 6.13. The van der Waals surface area contributed by atoms with Crippen LogP contribution in [0.1, 0.15) is 24.5 Å². The molecule has 0 heterocycles. The molecule has 3 rings (SSSR count). The summed E-state index contributed by atoms with van der Waals surface area (Å²) in [6, 6.07) is 25.9. The highest BCUT2D eigenvalue weighted by molar-refractivity contribution is 5.77. The summed E-state index contributed by atoms with van der Waals surface area (Å²) in [5.41, 5.74) is 4.59. The van der Waals surface area contributed by atoms with E-state index in [1.165, 1.54) is 12.1 Å². The molecule has 0 aliphatic rings. The first-order valence-electron chi connectivity index (χ1n) is 10.2. The van der Waals surface area contributed by atoms with Crippen LogP contribution in [-0.4, -0.2) is 24.8 Å². The van der Waals surface area contributed by atoms with Gasteiger partial charge in [0.1, 0.15) is 5.82 Å². The van der Waals surface area contributed by atoms with E-state index < -0.39 is 17.9 Å². The number of benzene rings is 3. The molecule has 0 fully saturated rings. The van der Waals surface area contributed by atoms with Gasteiger partial charge in [-0.05, 0) is 54.8 Å². The minimum atomic E-state index is -0.505. The molecule has 1 amide bonds. The van der Waals surface area contributed by atoms with Crippen molar-refractivity contribution in [3.63, 3.8) is 0 Å². The van der Waals surface area contributed by atoms with Crippen LogP contribution in [0.3, 0.4) is 0 Å². The molecule has 0 radical (unpaired) electrons. The number of methoxy groups -OCH3 is 1. The fraction of sp³-hybridized carbons (Fsp3) is 0.240. The van der Waals surface area contributed by atoms with Gasteiger partial charge >= 0.3 is 0 Å². The lowest BCUT2D eigenvalue weighted by molar-refractivity contribution is -0.134. The van der Waals surface area contributed by atoms with Crippen LogP contribution in [0.5, 0.6) is 0 Å². The van der Waals surface area contributed by atoms with Gasteiger partial charge in [-0.2, -0.15) is 0 Å². The highest BCUT2D eigenvalue weighted by Gasteiger charge is 2.25. The van der Waals surface area contributed by atoms with E-state index in [1.807, 2.05) is 60.7 Å². The number of hydrogen-bond donors (Lipinski definition) is 2. The number of carbonyl (C=O) groups is 1. The van der Waals surface area contributed by atoms with Crippen molar-refractivity contribution in [2.75, 3.05) is 18.6 Å². The number of rotatable bonds is 10. The Bertz CT molecular complexity index is 897. The summed E-state index contributed by atoms with van der Waals surface area (Å²) in [6.45, 7) is 0.561. The monoisotopic (exact) mass is 422 g/mol. The maximum atomic E-state index is 13.3. The molecule has 2 atom stereocenters. The van der Waals surface area contributed by atoms with Gasteiger partial charge in [-0.1, -0.05) is 48.5 Å². The van der Waals surface area contributed by atoms with Crippen LogP contribution in [0.25, 0.3) is 0 Å². The number of nitrogens with zero attached hydrogens (tertiary/aromatic N) is 1. The number of nitrogens with one attached hydrogen (secondary N) is 1. The van der Waals surface area contributed by atoms with Crippen molar-refractivity contribution in [2.24, 2.45) is 5.92 Å². The van der Waals surface area contributed by atoms with Crippen LogP contribution in [0.4, 0.5) is 15.8 Å². The Hall–Kier alpha value is -3.22.